The fourth-order valence-electron chi connectivity index (χ4n) is 7.89. The summed E-state index contributed by atoms with van der Waals surface area (Å²) in [6, 6.07) is -0.854. The van der Waals surface area contributed by atoms with Gasteiger partial charge in [-0.05, 0) is 77.0 Å². The zero-order valence-corrected chi connectivity index (χ0v) is 41.2. The number of amides is 1. The standard InChI is InChI=1S/C54H97NO10/c1-3-5-7-9-11-13-15-20-24-28-32-36-40-47(57)46(45-64-54-53(62)52(61)51(60)48(44-56)65-54)55-49(58)41-37-33-29-25-21-18-17-19-23-27-31-35-39-43-63-50(59)42-38-34-30-26-22-16-14-12-10-8-6-4-2/h12,14,18,21,29,33,36,40,46-48,51-54,56-57,60-62H,3-11,13,15-17,19-20,22-28,30-32,34-35,37-39,41-45H2,1-2H3,(H,55,58)/b14-12-,21-18-,33-29-,40-36+. The van der Waals surface area contributed by atoms with Crippen molar-refractivity contribution >= 4 is 11.9 Å². The van der Waals surface area contributed by atoms with Gasteiger partial charge in [0.05, 0.1) is 32.0 Å². The van der Waals surface area contributed by atoms with Gasteiger partial charge in [0.15, 0.2) is 6.29 Å². The molecule has 0 aromatic carbocycles. The highest BCUT2D eigenvalue weighted by atomic mass is 16.7. The minimum absolute atomic E-state index is 0.0503. The molecule has 0 spiro atoms. The van der Waals surface area contributed by atoms with Gasteiger partial charge in [-0.15, -0.1) is 0 Å². The van der Waals surface area contributed by atoms with E-state index in [0.29, 0.717) is 19.4 Å². The highest BCUT2D eigenvalue weighted by Gasteiger charge is 2.44. The lowest BCUT2D eigenvalue weighted by Gasteiger charge is -2.40. The number of aliphatic hydroxyl groups is 5. The van der Waals surface area contributed by atoms with Crippen LogP contribution in [-0.4, -0.2) is 100 Å². The molecule has 0 bridgehead atoms. The van der Waals surface area contributed by atoms with Crippen LogP contribution in [0.15, 0.2) is 48.6 Å². The van der Waals surface area contributed by atoms with Gasteiger partial charge in [-0.3, -0.25) is 9.59 Å². The molecule has 1 saturated heterocycles. The number of aliphatic hydroxyl groups excluding tert-OH is 5. The molecule has 7 atom stereocenters. The highest BCUT2D eigenvalue weighted by molar-refractivity contribution is 5.76. The number of ether oxygens (including phenoxy) is 3. The molecule has 0 aromatic heterocycles. The van der Waals surface area contributed by atoms with Crippen LogP contribution >= 0.6 is 0 Å². The third-order valence-electron chi connectivity index (χ3n) is 12.2. The molecule has 1 aliphatic heterocycles. The van der Waals surface area contributed by atoms with Crippen molar-refractivity contribution in [1.82, 2.24) is 5.32 Å². The maximum atomic E-state index is 12.9. The molecule has 11 nitrogen and oxygen atoms in total. The normalized spacial score (nSPS) is 20.1. The summed E-state index contributed by atoms with van der Waals surface area (Å²) in [6.45, 7) is 4.20. The summed E-state index contributed by atoms with van der Waals surface area (Å²) >= 11 is 0. The van der Waals surface area contributed by atoms with E-state index in [1.165, 1.54) is 116 Å². The topological polar surface area (TPSA) is 175 Å². The molecule has 1 amide bonds. The second kappa shape index (κ2) is 44.1. The molecule has 65 heavy (non-hydrogen) atoms. The number of hydrogen-bond acceptors (Lipinski definition) is 10. The van der Waals surface area contributed by atoms with Gasteiger partial charge in [-0.1, -0.05) is 178 Å². The summed E-state index contributed by atoms with van der Waals surface area (Å²) in [4.78, 5) is 25.0. The molecule has 0 aromatic rings. The van der Waals surface area contributed by atoms with E-state index in [0.717, 1.165) is 70.6 Å². The number of esters is 1. The summed E-state index contributed by atoms with van der Waals surface area (Å²) in [5.74, 6) is -0.315. The number of nitrogens with one attached hydrogen (secondary N) is 1. The molecule has 1 fully saturated rings. The number of hydrogen-bond donors (Lipinski definition) is 6. The van der Waals surface area contributed by atoms with E-state index in [9.17, 15) is 35.1 Å². The predicted octanol–water partition coefficient (Wildman–Crippen LogP) is 10.9. The lowest BCUT2D eigenvalue weighted by atomic mass is 9.99. The summed E-state index contributed by atoms with van der Waals surface area (Å²) < 4.78 is 16.6. The van der Waals surface area contributed by atoms with Gasteiger partial charge in [-0.25, -0.2) is 0 Å². The van der Waals surface area contributed by atoms with Crippen molar-refractivity contribution in [2.75, 3.05) is 19.8 Å². The van der Waals surface area contributed by atoms with E-state index in [-0.39, 0.29) is 24.9 Å². The average molecular weight is 920 g/mol. The molecule has 1 rings (SSSR count). The van der Waals surface area contributed by atoms with Gasteiger partial charge in [0.2, 0.25) is 5.91 Å². The number of allylic oxidation sites excluding steroid dienone is 7. The van der Waals surface area contributed by atoms with Gasteiger partial charge in [0, 0.05) is 12.8 Å². The number of carbonyl (C=O) groups is 2. The molecule has 6 N–H and O–H groups in total. The first-order valence-electron chi connectivity index (χ1n) is 26.4. The fourth-order valence-corrected chi connectivity index (χ4v) is 7.89. The van der Waals surface area contributed by atoms with Gasteiger partial charge in [0.1, 0.15) is 24.4 Å². The first-order valence-corrected chi connectivity index (χ1v) is 26.4. The molecular weight excluding hydrogens is 823 g/mol. The number of carbonyl (C=O) groups excluding carboxylic acids is 2. The first-order chi connectivity index (χ1) is 31.7. The smallest absolute Gasteiger partial charge is 0.305 e. The maximum Gasteiger partial charge on any atom is 0.305 e. The Labute approximate surface area is 396 Å². The Balaban J connectivity index is 2.24. The molecule has 1 aliphatic rings. The van der Waals surface area contributed by atoms with Crippen LogP contribution in [0.1, 0.15) is 219 Å². The molecule has 11 heteroatoms. The Morgan fingerprint density at radius 3 is 1.63 bits per heavy atom. The molecular formula is C54H97NO10. The van der Waals surface area contributed by atoms with E-state index in [1.54, 1.807) is 6.08 Å². The van der Waals surface area contributed by atoms with E-state index in [1.807, 2.05) is 18.2 Å². The van der Waals surface area contributed by atoms with Crippen molar-refractivity contribution in [3.8, 4) is 0 Å². The second-order valence-electron chi connectivity index (χ2n) is 18.2. The lowest BCUT2D eigenvalue weighted by molar-refractivity contribution is -0.302. The van der Waals surface area contributed by atoms with Crippen molar-refractivity contribution in [1.29, 1.82) is 0 Å². The van der Waals surface area contributed by atoms with Crippen LogP contribution in [0.4, 0.5) is 0 Å². The van der Waals surface area contributed by atoms with Gasteiger partial charge < -0.3 is 45.1 Å². The Bertz CT molecular complexity index is 1220. The van der Waals surface area contributed by atoms with Crippen LogP contribution in [0.3, 0.4) is 0 Å². The van der Waals surface area contributed by atoms with Crippen molar-refractivity contribution < 1.29 is 49.3 Å². The monoisotopic (exact) mass is 920 g/mol. The Kier molecular flexibility index (Phi) is 41.2. The Morgan fingerprint density at radius 2 is 1.05 bits per heavy atom. The molecule has 7 unspecified atom stereocenters. The minimum atomic E-state index is -1.59. The Morgan fingerprint density at radius 1 is 0.569 bits per heavy atom. The number of unbranched alkanes of at least 4 members (excludes halogenated alkanes) is 24. The third-order valence-corrected chi connectivity index (χ3v) is 12.2. The highest BCUT2D eigenvalue weighted by Crippen LogP contribution is 2.22. The van der Waals surface area contributed by atoms with Crippen LogP contribution in [0.5, 0.6) is 0 Å². The van der Waals surface area contributed by atoms with Crippen LogP contribution in [0, 0.1) is 0 Å². The summed E-state index contributed by atoms with van der Waals surface area (Å²) in [5, 5.41) is 54.1. The maximum absolute atomic E-state index is 12.9. The second-order valence-corrected chi connectivity index (χ2v) is 18.2. The average Bonchev–Trinajstić information content (AvgIpc) is 3.30. The van der Waals surface area contributed by atoms with Gasteiger partial charge in [0.25, 0.3) is 0 Å². The van der Waals surface area contributed by atoms with E-state index < -0.39 is 49.5 Å². The van der Waals surface area contributed by atoms with Crippen molar-refractivity contribution in [3.63, 3.8) is 0 Å². The van der Waals surface area contributed by atoms with Crippen molar-refractivity contribution in [2.24, 2.45) is 0 Å². The van der Waals surface area contributed by atoms with Crippen molar-refractivity contribution in [2.45, 2.75) is 262 Å². The van der Waals surface area contributed by atoms with Gasteiger partial charge >= 0.3 is 5.97 Å². The molecule has 0 aliphatic carbocycles. The molecule has 0 radical (unpaired) electrons. The fraction of sp³-hybridized carbons (Fsp3) is 0.815. The van der Waals surface area contributed by atoms with Gasteiger partial charge in [-0.2, -0.15) is 0 Å². The third kappa shape index (κ3) is 34.6. The zero-order valence-electron chi connectivity index (χ0n) is 41.2. The largest absolute Gasteiger partial charge is 0.466 e. The van der Waals surface area contributed by atoms with E-state index >= 15 is 0 Å². The first kappa shape index (κ1) is 60.6. The van der Waals surface area contributed by atoms with Crippen LogP contribution in [-0.2, 0) is 23.8 Å². The summed E-state index contributed by atoms with van der Waals surface area (Å²) in [6.07, 6.45) is 43.4. The molecule has 1 heterocycles. The summed E-state index contributed by atoms with van der Waals surface area (Å²) in [7, 11) is 0. The predicted molar refractivity (Wildman–Crippen MR) is 264 cm³/mol. The van der Waals surface area contributed by atoms with Crippen LogP contribution in [0.2, 0.25) is 0 Å². The Hall–Kier alpha value is -2.38. The minimum Gasteiger partial charge on any atom is -0.466 e. The lowest BCUT2D eigenvalue weighted by Crippen LogP contribution is -2.60. The van der Waals surface area contributed by atoms with E-state index in [4.69, 9.17) is 14.2 Å². The molecule has 0 saturated carbocycles. The van der Waals surface area contributed by atoms with Crippen molar-refractivity contribution in [3.05, 3.63) is 48.6 Å². The SMILES string of the molecule is CCCCC/C=C\CCCCCCCC(=O)OCCCCCCCC/C=C\C/C=C\CCC(=O)NC(COC1OC(CO)C(O)C(O)C1O)C(O)/C=C/CCCCCCCCCCCC. The zero-order chi connectivity index (χ0) is 47.4. The van der Waals surface area contributed by atoms with Crippen LogP contribution < -0.4 is 5.32 Å². The van der Waals surface area contributed by atoms with E-state index in [2.05, 4.69) is 43.5 Å². The van der Waals surface area contributed by atoms with Crippen LogP contribution in [0.25, 0.3) is 0 Å². The summed E-state index contributed by atoms with van der Waals surface area (Å²) in [5.41, 5.74) is 0. The quantitative estimate of drug-likeness (QED) is 0.0196. The number of rotatable bonds is 44. The molecule has 378 valence electrons.